The van der Waals surface area contributed by atoms with Gasteiger partial charge in [-0.2, -0.15) is 26.3 Å². The van der Waals surface area contributed by atoms with E-state index in [1.165, 1.54) is 0 Å². The molecule has 0 aliphatic rings. The van der Waals surface area contributed by atoms with E-state index in [0.29, 0.717) is 24.3 Å². The Labute approximate surface area is 256 Å². The number of halogens is 10. The molecule has 0 aliphatic carbocycles. The van der Waals surface area contributed by atoms with Gasteiger partial charge in [0.05, 0.1) is 31.0 Å². The van der Waals surface area contributed by atoms with Gasteiger partial charge in [0.2, 0.25) is 11.5 Å². The van der Waals surface area contributed by atoms with Gasteiger partial charge in [0, 0.05) is 56.6 Å². The van der Waals surface area contributed by atoms with Crippen molar-refractivity contribution >= 4 is 57.8 Å². The van der Waals surface area contributed by atoms with Gasteiger partial charge in [-0.15, -0.1) is 0 Å². The largest absolute Gasteiger partial charge is 0.443 e. The van der Waals surface area contributed by atoms with Crippen molar-refractivity contribution < 1.29 is 40.9 Å². The maximum absolute atomic E-state index is 13.0. The molecule has 0 radical (unpaired) electrons. The van der Waals surface area contributed by atoms with Gasteiger partial charge < -0.3 is 4.74 Å². The highest BCUT2D eigenvalue weighted by atomic mass is 35.5. The van der Waals surface area contributed by atoms with Crippen molar-refractivity contribution in [1.29, 1.82) is 0 Å². The summed E-state index contributed by atoms with van der Waals surface area (Å²) >= 11 is 24.6. The van der Waals surface area contributed by atoms with Crippen LogP contribution in [0.25, 0.3) is 22.3 Å². The predicted molar refractivity (Wildman–Crippen MR) is 147 cm³/mol. The first-order valence-electron chi connectivity index (χ1n) is 11.3. The first-order chi connectivity index (χ1) is 19.9. The van der Waals surface area contributed by atoms with E-state index in [1.807, 2.05) is 0 Å². The Morgan fingerprint density at radius 3 is 1.14 bits per heavy atom. The number of hydrogen-bond acceptors (Lipinski definition) is 5. The number of benzene rings is 4. The Morgan fingerprint density at radius 1 is 0.535 bits per heavy atom. The Bertz CT molecular complexity index is 1670. The topological polar surface area (TPSA) is 95.5 Å². The summed E-state index contributed by atoms with van der Waals surface area (Å²) in [7, 11) is 0. The number of hydrogen-bond donors (Lipinski definition) is 0. The molecule has 43 heavy (non-hydrogen) atoms. The summed E-state index contributed by atoms with van der Waals surface area (Å²) in [5.74, 6) is -1.22. The molecule has 224 valence electrons. The normalized spacial score (nSPS) is 11.9. The van der Waals surface area contributed by atoms with E-state index in [9.17, 15) is 46.6 Å². The van der Waals surface area contributed by atoms with Crippen LogP contribution in [0, 0.1) is 20.2 Å². The van der Waals surface area contributed by atoms with Gasteiger partial charge >= 0.3 is 23.7 Å². The molecule has 0 aromatic heterocycles. The predicted octanol–water partition coefficient (Wildman–Crippen LogP) is 11.3. The second-order valence-electron chi connectivity index (χ2n) is 8.60. The van der Waals surface area contributed by atoms with Crippen LogP contribution in [0.1, 0.15) is 11.1 Å². The molecular formula is C26H10Cl4F6N2O5. The van der Waals surface area contributed by atoms with Crippen molar-refractivity contribution in [2.75, 3.05) is 0 Å². The molecule has 0 N–H and O–H groups in total. The molecule has 4 rings (SSSR count). The molecular weight excluding hydrogens is 676 g/mol. The highest BCUT2D eigenvalue weighted by molar-refractivity contribution is 6.37. The van der Waals surface area contributed by atoms with Crippen molar-refractivity contribution in [3.05, 3.63) is 112 Å². The van der Waals surface area contributed by atoms with E-state index >= 15 is 0 Å². The molecule has 7 nitrogen and oxygen atoms in total. The number of nitrogens with zero attached hydrogens (tertiary/aromatic N) is 2. The van der Waals surface area contributed by atoms with Crippen LogP contribution in [0.2, 0.25) is 20.1 Å². The highest BCUT2D eigenvalue weighted by Crippen LogP contribution is 2.47. The zero-order valence-electron chi connectivity index (χ0n) is 20.5. The van der Waals surface area contributed by atoms with E-state index in [0.717, 1.165) is 36.4 Å². The summed E-state index contributed by atoms with van der Waals surface area (Å²) in [5, 5.41) is 22.4. The molecule has 0 aliphatic heterocycles. The molecule has 17 heteroatoms. The Morgan fingerprint density at radius 2 is 0.860 bits per heavy atom. The van der Waals surface area contributed by atoms with Crippen molar-refractivity contribution in [3.8, 4) is 33.8 Å². The van der Waals surface area contributed by atoms with Gasteiger partial charge in [-0.3, -0.25) is 20.2 Å². The van der Waals surface area contributed by atoms with Crippen LogP contribution in [-0.2, 0) is 12.4 Å². The lowest BCUT2D eigenvalue weighted by Gasteiger charge is -2.14. The maximum atomic E-state index is 13.0. The fourth-order valence-corrected chi connectivity index (χ4v) is 4.96. The van der Waals surface area contributed by atoms with Gasteiger partial charge in [-0.25, -0.2) is 0 Å². The van der Waals surface area contributed by atoms with Gasteiger partial charge in [0.15, 0.2) is 0 Å². The molecule has 4 aromatic rings. The van der Waals surface area contributed by atoms with Crippen molar-refractivity contribution in [3.63, 3.8) is 0 Å². The van der Waals surface area contributed by atoms with Crippen LogP contribution < -0.4 is 4.74 Å². The standard InChI is InChI=1S/C26H10Cl4F6N2O5/c27-17-5-11(25(31,32)33)1-3-13(17)15-7-21(37(39)40)23(9-19(15)29)43-24-10-20(30)16(8-22(24)38(41)42)14-4-2-12(6-18(14)28)26(34,35)36/h1-10H. The number of nitro groups is 2. The number of rotatable bonds is 6. The van der Waals surface area contributed by atoms with Crippen molar-refractivity contribution in [2.45, 2.75) is 12.4 Å². The summed E-state index contributed by atoms with van der Waals surface area (Å²) in [5.41, 5.74) is -4.18. The Hall–Kier alpha value is -3.78. The minimum absolute atomic E-state index is 0.0823. The number of ether oxygens (including phenoxy) is 1. The summed E-state index contributed by atoms with van der Waals surface area (Å²) in [6, 6.07) is 8.07. The highest BCUT2D eigenvalue weighted by Gasteiger charge is 2.33. The SMILES string of the molecule is O=[N+]([O-])c1cc(-c2ccc(C(F)(F)F)cc2Cl)c(Cl)cc1Oc1cc(Cl)c(-c2ccc(C(F)(F)F)cc2Cl)cc1[N+](=O)[O-]. The third kappa shape index (κ3) is 6.74. The zero-order chi connectivity index (χ0) is 32.0. The summed E-state index contributed by atoms with van der Waals surface area (Å²) in [6.07, 6.45) is -9.42. The average molecular weight is 686 g/mol. The van der Waals surface area contributed by atoms with Crippen LogP contribution in [0.5, 0.6) is 11.5 Å². The smallest absolute Gasteiger partial charge is 0.416 e. The minimum atomic E-state index is -4.71. The fourth-order valence-electron chi connectivity index (χ4n) is 3.89. The van der Waals surface area contributed by atoms with Crippen LogP contribution in [0.15, 0.2) is 60.7 Å². The van der Waals surface area contributed by atoms with E-state index in [2.05, 4.69) is 0 Å². The fraction of sp³-hybridized carbons (Fsp3) is 0.0769. The Balaban J connectivity index is 1.80. The van der Waals surface area contributed by atoms with E-state index in [-0.39, 0.29) is 32.3 Å². The van der Waals surface area contributed by atoms with Crippen LogP contribution in [0.4, 0.5) is 37.7 Å². The average Bonchev–Trinajstić information content (AvgIpc) is 2.88. The molecule has 0 unspecified atom stereocenters. The third-order valence-corrected chi connectivity index (χ3v) is 7.13. The second-order valence-corrected chi connectivity index (χ2v) is 10.2. The molecule has 0 atom stereocenters. The lowest BCUT2D eigenvalue weighted by molar-refractivity contribution is -0.387. The van der Waals surface area contributed by atoms with E-state index < -0.39 is 66.2 Å². The van der Waals surface area contributed by atoms with Crippen LogP contribution >= 0.6 is 46.4 Å². The van der Waals surface area contributed by atoms with E-state index in [4.69, 9.17) is 51.1 Å². The number of alkyl halides is 6. The lowest BCUT2D eigenvalue weighted by atomic mass is 10.0. The molecule has 4 aromatic carbocycles. The zero-order valence-corrected chi connectivity index (χ0v) is 23.5. The quantitative estimate of drug-likeness (QED) is 0.114. The monoisotopic (exact) mass is 684 g/mol. The lowest BCUT2D eigenvalue weighted by Crippen LogP contribution is -2.04. The van der Waals surface area contributed by atoms with Gasteiger partial charge in [0.25, 0.3) is 0 Å². The van der Waals surface area contributed by atoms with Crippen LogP contribution in [0.3, 0.4) is 0 Å². The first kappa shape index (κ1) is 32.1. The molecule has 0 saturated carbocycles. The second kappa shape index (κ2) is 11.7. The van der Waals surface area contributed by atoms with E-state index in [1.54, 1.807) is 0 Å². The molecule has 0 fully saturated rings. The molecule has 0 spiro atoms. The van der Waals surface area contributed by atoms with Crippen molar-refractivity contribution in [1.82, 2.24) is 0 Å². The van der Waals surface area contributed by atoms with Crippen LogP contribution in [-0.4, -0.2) is 9.85 Å². The number of nitro benzene ring substituents is 2. The summed E-state index contributed by atoms with van der Waals surface area (Å²) in [4.78, 5) is 21.9. The van der Waals surface area contributed by atoms with Gasteiger partial charge in [-0.05, 0) is 24.3 Å². The molecule has 0 amide bonds. The summed E-state index contributed by atoms with van der Waals surface area (Å²) < 4.78 is 83.7. The van der Waals surface area contributed by atoms with Gasteiger partial charge in [-0.1, -0.05) is 58.5 Å². The van der Waals surface area contributed by atoms with Crippen molar-refractivity contribution in [2.24, 2.45) is 0 Å². The first-order valence-corrected chi connectivity index (χ1v) is 12.8. The molecule has 0 saturated heterocycles. The maximum Gasteiger partial charge on any atom is 0.416 e. The Kier molecular flexibility index (Phi) is 8.76. The van der Waals surface area contributed by atoms with Gasteiger partial charge in [0.1, 0.15) is 0 Å². The third-order valence-electron chi connectivity index (χ3n) is 5.88. The molecule has 0 heterocycles. The summed E-state index contributed by atoms with van der Waals surface area (Å²) in [6.45, 7) is 0. The molecule has 0 bridgehead atoms. The minimum Gasteiger partial charge on any atom is -0.443 e.